The molecule has 1 atom stereocenters. The van der Waals surface area contributed by atoms with Gasteiger partial charge in [0.05, 0.1) is 6.10 Å². The second-order valence-electron chi connectivity index (χ2n) is 7.72. The summed E-state index contributed by atoms with van der Waals surface area (Å²) in [4.78, 5) is 13.6. The van der Waals surface area contributed by atoms with Crippen LogP contribution in [0.4, 0.5) is 10.9 Å². The first-order valence-electron chi connectivity index (χ1n) is 11.0. The third-order valence-corrected chi connectivity index (χ3v) is 6.94. The fourth-order valence-electron chi connectivity index (χ4n) is 3.46. The SMILES string of the molecule is Nc1nc2nc(SCc3cccc(Oc4ccccc4)c3)nc(NCC(O)c3ccccc3)c2s1. The van der Waals surface area contributed by atoms with Crippen molar-refractivity contribution in [2.24, 2.45) is 0 Å². The zero-order valence-electron chi connectivity index (χ0n) is 18.7. The van der Waals surface area contributed by atoms with Crippen LogP contribution in [-0.2, 0) is 5.75 Å². The van der Waals surface area contributed by atoms with Crippen LogP contribution in [0.1, 0.15) is 17.2 Å². The highest BCUT2D eigenvalue weighted by molar-refractivity contribution is 7.98. The highest BCUT2D eigenvalue weighted by Crippen LogP contribution is 2.32. The van der Waals surface area contributed by atoms with E-state index in [2.05, 4.69) is 15.3 Å². The number of rotatable bonds is 9. The van der Waals surface area contributed by atoms with Gasteiger partial charge in [0.25, 0.3) is 0 Å². The van der Waals surface area contributed by atoms with Gasteiger partial charge in [0.1, 0.15) is 16.2 Å². The number of nitrogens with zero attached hydrogens (tertiary/aromatic N) is 3. The van der Waals surface area contributed by atoms with Crippen LogP contribution in [-0.4, -0.2) is 26.6 Å². The van der Waals surface area contributed by atoms with E-state index in [-0.39, 0.29) is 0 Å². The van der Waals surface area contributed by atoms with E-state index in [1.54, 1.807) is 0 Å². The van der Waals surface area contributed by atoms with Gasteiger partial charge in [-0.1, -0.05) is 83.8 Å². The number of anilines is 2. The number of ether oxygens (including phenoxy) is 1. The lowest BCUT2D eigenvalue weighted by molar-refractivity contribution is 0.191. The van der Waals surface area contributed by atoms with Gasteiger partial charge in [-0.05, 0) is 35.4 Å². The third kappa shape index (κ3) is 5.89. The first-order chi connectivity index (χ1) is 17.1. The van der Waals surface area contributed by atoms with Crippen molar-refractivity contribution < 1.29 is 9.84 Å². The highest BCUT2D eigenvalue weighted by Gasteiger charge is 2.15. The Morgan fingerprint density at radius 3 is 2.46 bits per heavy atom. The van der Waals surface area contributed by atoms with Gasteiger partial charge >= 0.3 is 0 Å². The second kappa shape index (κ2) is 10.7. The van der Waals surface area contributed by atoms with Crippen LogP contribution >= 0.6 is 23.1 Å². The Labute approximate surface area is 211 Å². The molecule has 3 aromatic carbocycles. The number of thiazole rings is 1. The quantitative estimate of drug-likeness (QED) is 0.169. The zero-order valence-corrected chi connectivity index (χ0v) is 20.3. The lowest BCUT2D eigenvalue weighted by Gasteiger charge is -2.13. The predicted octanol–water partition coefficient (Wildman–Crippen LogP) is 5.90. The number of hydrogen-bond donors (Lipinski definition) is 3. The standard InChI is InChI=1S/C26H23N5O2S2/c27-25-29-24-22(35-25)23(28-15-21(32)18-9-3-1-4-10-18)30-26(31-24)34-16-17-8-7-13-20(14-17)33-19-11-5-2-6-12-19/h1-14,21,32H,15-16H2,(H3,27,28,29,30,31). The number of aliphatic hydroxyl groups is 1. The number of nitrogen functional groups attached to an aromatic ring is 1. The number of para-hydroxylation sites is 1. The van der Waals surface area contributed by atoms with Crippen molar-refractivity contribution in [2.45, 2.75) is 17.0 Å². The molecule has 0 bridgehead atoms. The minimum atomic E-state index is -0.671. The van der Waals surface area contributed by atoms with Gasteiger partial charge in [-0.3, -0.25) is 0 Å². The number of thioether (sulfide) groups is 1. The van der Waals surface area contributed by atoms with Crippen LogP contribution in [0.25, 0.3) is 10.3 Å². The van der Waals surface area contributed by atoms with E-state index in [0.29, 0.717) is 34.1 Å². The minimum Gasteiger partial charge on any atom is -0.457 e. The molecule has 1 unspecified atom stereocenters. The predicted molar refractivity (Wildman–Crippen MR) is 142 cm³/mol. The molecule has 0 aliphatic rings. The number of hydrogen-bond acceptors (Lipinski definition) is 9. The molecule has 0 aliphatic carbocycles. The highest BCUT2D eigenvalue weighted by atomic mass is 32.2. The average molecular weight is 502 g/mol. The first-order valence-corrected chi connectivity index (χ1v) is 12.8. The smallest absolute Gasteiger partial charge is 0.191 e. The maximum atomic E-state index is 10.6. The topological polar surface area (TPSA) is 106 Å². The van der Waals surface area contributed by atoms with Crippen molar-refractivity contribution in [1.82, 2.24) is 15.0 Å². The number of fused-ring (bicyclic) bond motifs is 1. The van der Waals surface area contributed by atoms with Crippen LogP contribution in [0, 0.1) is 0 Å². The van der Waals surface area contributed by atoms with E-state index in [1.165, 1.54) is 23.1 Å². The number of nitrogens with one attached hydrogen (secondary N) is 1. The average Bonchev–Trinajstić information content (AvgIpc) is 3.27. The Morgan fingerprint density at radius 1 is 0.914 bits per heavy atom. The maximum absolute atomic E-state index is 10.6. The van der Waals surface area contributed by atoms with Crippen LogP contribution in [0.5, 0.6) is 11.5 Å². The summed E-state index contributed by atoms with van der Waals surface area (Å²) in [6.45, 7) is 0.302. The molecule has 0 aliphatic heterocycles. The van der Waals surface area contributed by atoms with Crippen LogP contribution < -0.4 is 15.8 Å². The zero-order chi connectivity index (χ0) is 24.0. The lowest BCUT2D eigenvalue weighted by atomic mass is 10.1. The molecule has 0 saturated heterocycles. The Morgan fingerprint density at radius 2 is 1.66 bits per heavy atom. The lowest BCUT2D eigenvalue weighted by Crippen LogP contribution is -2.13. The Hall–Kier alpha value is -3.66. The third-order valence-electron chi connectivity index (χ3n) is 5.14. The van der Waals surface area contributed by atoms with E-state index in [9.17, 15) is 5.11 Å². The number of nitrogens with two attached hydrogens (primary N) is 1. The molecule has 2 aromatic heterocycles. The summed E-state index contributed by atoms with van der Waals surface area (Å²) >= 11 is 2.82. The fraction of sp³-hybridized carbons (Fsp3) is 0.115. The number of benzene rings is 3. The first kappa shape index (κ1) is 23.1. The monoisotopic (exact) mass is 501 g/mol. The molecule has 0 amide bonds. The molecule has 0 fully saturated rings. The Bertz CT molecular complexity index is 1410. The van der Waals surface area contributed by atoms with Crippen molar-refractivity contribution in [3.63, 3.8) is 0 Å². The molecule has 4 N–H and O–H groups in total. The summed E-state index contributed by atoms with van der Waals surface area (Å²) in [7, 11) is 0. The molecule has 7 nitrogen and oxygen atoms in total. The summed E-state index contributed by atoms with van der Waals surface area (Å²) in [6.07, 6.45) is -0.671. The van der Waals surface area contributed by atoms with E-state index in [4.69, 9.17) is 15.5 Å². The van der Waals surface area contributed by atoms with Gasteiger partial charge in [-0.15, -0.1) is 0 Å². The van der Waals surface area contributed by atoms with Gasteiger partial charge in [0, 0.05) is 12.3 Å². The van der Waals surface area contributed by atoms with Gasteiger partial charge in [0.2, 0.25) is 0 Å². The molecule has 0 saturated carbocycles. The summed E-state index contributed by atoms with van der Waals surface area (Å²) in [5.41, 5.74) is 8.40. The minimum absolute atomic E-state index is 0.302. The largest absolute Gasteiger partial charge is 0.457 e. The fourth-order valence-corrected chi connectivity index (χ4v) is 4.98. The van der Waals surface area contributed by atoms with E-state index in [1.807, 2.05) is 84.9 Å². The summed E-state index contributed by atoms with van der Waals surface area (Å²) in [5.74, 6) is 2.84. The molecular formula is C26H23N5O2S2. The Balaban J connectivity index is 1.30. The summed E-state index contributed by atoms with van der Waals surface area (Å²) in [6, 6.07) is 27.2. The van der Waals surface area contributed by atoms with Gasteiger partial charge < -0.3 is 20.9 Å². The molecule has 2 heterocycles. The van der Waals surface area contributed by atoms with Gasteiger partial charge in [-0.25, -0.2) is 15.0 Å². The van der Waals surface area contributed by atoms with Gasteiger partial charge in [0.15, 0.2) is 21.8 Å². The molecule has 5 aromatic rings. The molecule has 0 spiro atoms. The van der Waals surface area contributed by atoms with Crippen LogP contribution in [0.15, 0.2) is 90.1 Å². The van der Waals surface area contributed by atoms with E-state index < -0.39 is 6.10 Å². The maximum Gasteiger partial charge on any atom is 0.191 e. The van der Waals surface area contributed by atoms with Crippen molar-refractivity contribution in [3.8, 4) is 11.5 Å². The molecule has 176 valence electrons. The van der Waals surface area contributed by atoms with Gasteiger partial charge in [-0.2, -0.15) is 0 Å². The number of aromatic nitrogens is 3. The summed E-state index contributed by atoms with van der Waals surface area (Å²) < 4.78 is 6.71. The van der Waals surface area contributed by atoms with Crippen molar-refractivity contribution in [1.29, 1.82) is 0 Å². The van der Waals surface area contributed by atoms with E-state index in [0.717, 1.165) is 27.3 Å². The van der Waals surface area contributed by atoms with E-state index >= 15 is 0 Å². The molecule has 5 rings (SSSR count). The van der Waals surface area contributed by atoms with Crippen molar-refractivity contribution >= 4 is 44.4 Å². The van der Waals surface area contributed by atoms with Crippen molar-refractivity contribution in [2.75, 3.05) is 17.6 Å². The van der Waals surface area contributed by atoms with Crippen LogP contribution in [0.2, 0.25) is 0 Å². The van der Waals surface area contributed by atoms with Crippen molar-refractivity contribution in [3.05, 3.63) is 96.1 Å². The summed E-state index contributed by atoms with van der Waals surface area (Å²) in [5, 5.41) is 14.8. The second-order valence-corrected chi connectivity index (χ2v) is 9.69. The number of aliphatic hydroxyl groups excluding tert-OH is 1. The van der Waals surface area contributed by atoms with Crippen LogP contribution in [0.3, 0.4) is 0 Å². The molecule has 0 radical (unpaired) electrons. The normalized spacial score (nSPS) is 11.9. The Kier molecular flexibility index (Phi) is 7.08. The molecule has 9 heteroatoms. The molecular weight excluding hydrogens is 478 g/mol. The molecule has 35 heavy (non-hydrogen) atoms.